The molecule has 2 aliphatic rings. The fraction of sp³-hybridized carbons (Fsp3) is 0.591. The summed E-state index contributed by atoms with van der Waals surface area (Å²) in [6, 6.07) is 8.09. The van der Waals surface area contributed by atoms with Crippen molar-refractivity contribution in [3.63, 3.8) is 0 Å². The van der Waals surface area contributed by atoms with Gasteiger partial charge in [-0.25, -0.2) is 0 Å². The lowest BCUT2D eigenvalue weighted by Crippen LogP contribution is -2.44. The van der Waals surface area contributed by atoms with Gasteiger partial charge in [-0.15, -0.1) is 0 Å². The monoisotopic (exact) mass is 413 g/mol. The van der Waals surface area contributed by atoms with E-state index < -0.39 is 0 Å². The normalized spacial score (nSPS) is 19.1. The molecular weight excluding hydrogens is 382 g/mol. The molecular formula is C22H31N5O3. The van der Waals surface area contributed by atoms with Crippen LogP contribution in [0.5, 0.6) is 0 Å². The molecule has 0 atom stereocenters. The summed E-state index contributed by atoms with van der Waals surface area (Å²) in [5.74, 6) is 1.53. The highest BCUT2D eigenvalue weighted by molar-refractivity contribution is 5.78. The summed E-state index contributed by atoms with van der Waals surface area (Å²) in [5, 5.41) is 7.23. The van der Waals surface area contributed by atoms with E-state index in [2.05, 4.69) is 31.3 Å². The maximum Gasteiger partial charge on any atom is 0.241 e. The molecule has 2 fully saturated rings. The molecule has 1 aromatic carbocycles. The van der Waals surface area contributed by atoms with Gasteiger partial charge in [-0.3, -0.25) is 14.6 Å². The van der Waals surface area contributed by atoms with E-state index >= 15 is 0 Å². The van der Waals surface area contributed by atoms with Gasteiger partial charge in [0.1, 0.15) is 0 Å². The molecule has 2 aliphatic heterocycles. The van der Waals surface area contributed by atoms with Gasteiger partial charge in [-0.2, -0.15) is 4.98 Å². The number of hydrogen-bond donors (Lipinski definition) is 1. The zero-order valence-corrected chi connectivity index (χ0v) is 17.7. The number of nitrogens with one attached hydrogen (secondary N) is 1. The molecule has 3 heterocycles. The number of aromatic nitrogens is 2. The third-order valence-corrected chi connectivity index (χ3v) is 5.89. The van der Waals surface area contributed by atoms with Gasteiger partial charge in [0.05, 0.1) is 19.8 Å². The second-order valence-electron chi connectivity index (χ2n) is 8.18. The van der Waals surface area contributed by atoms with E-state index in [1.165, 1.54) is 5.56 Å². The zero-order valence-electron chi connectivity index (χ0n) is 17.7. The highest BCUT2D eigenvalue weighted by atomic mass is 16.5. The minimum absolute atomic E-state index is 0.0940. The van der Waals surface area contributed by atoms with Crippen molar-refractivity contribution in [3.05, 3.63) is 35.7 Å². The predicted molar refractivity (Wildman–Crippen MR) is 113 cm³/mol. The van der Waals surface area contributed by atoms with Gasteiger partial charge < -0.3 is 14.6 Å². The second kappa shape index (κ2) is 10.1. The lowest BCUT2D eigenvalue weighted by atomic mass is 9.96. The minimum Gasteiger partial charge on any atom is -0.379 e. The van der Waals surface area contributed by atoms with Crippen LogP contribution in [0.25, 0.3) is 11.4 Å². The van der Waals surface area contributed by atoms with Crippen LogP contribution in [-0.2, 0) is 16.1 Å². The number of rotatable bonds is 7. The number of morpholine rings is 1. The Morgan fingerprint density at radius 3 is 2.73 bits per heavy atom. The molecule has 0 saturated carbocycles. The Kier molecular flexibility index (Phi) is 7.09. The number of hydrogen-bond acceptors (Lipinski definition) is 7. The smallest absolute Gasteiger partial charge is 0.241 e. The SMILES string of the molecule is Cc1cccc(-c2noc(CN3CCC(C(=O)NCCN4CCOCC4)CC3)n2)c1. The number of carbonyl (C=O) groups excluding carboxylic acids is 1. The quantitative estimate of drug-likeness (QED) is 0.740. The van der Waals surface area contributed by atoms with Gasteiger partial charge in [-0.1, -0.05) is 28.9 Å². The molecule has 162 valence electrons. The molecule has 2 saturated heterocycles. The van der Waals surface area contributed by atoms with Crippen LogP contribution in [0.3, 0.4) is 0 Å². The average Bonchev–Trinajstić information content (AvgIpc) is 3.23. The van der Waals surface area contributed by atoms with Gasteiger partial charge in [0.15, 0.2) is 0 Å². The zero-order chi connectivity index (χ0) is 20.8. The van der Waals surface area contributed by atoms with Crippen molar-refractivity contribution < 1.29 is 14.1 Å². The Morgan fingerprint density at radius 1 is 1.17 bits per heavy atom. The molecule has 0 radical (unpaired) electrons. The summed E-state index contributed by atoms with van der Waals surface area (Å²) in [7, 11) is 0. The molecule has 0 unspecified atom stereocenters. The molecule has 1 N–H and O–H groups in total. The Morgan fingerprint density at radius 2 is 1.97 bits per heavy atom. The molecule has 8 nitrogen and oxygen atoms in total. The fourth-order valence-electron chi connectivity index (χ4n) is 4.07. The van der Waals surface area contributed by atoms with Crippen molar-refractivity contribution in [2.75, 3.05) is 52.5 Å². The van der Waals surface area contributed by atoms with Crippen molar-refractivity contribution in [3.8, 4) is 11.4 Å². The molecule has 4 rings (SSSR count). The molecule has 0 aliphatic carbocycles. The van der Waals surface area contributed by atoms with Gasteiger partial charge >= 0.3 is 0 Å². The summed E-state index contributed by atoms with van der Waals surface area (Å²) in [4.78, 5) is 21.6. The number of piperidine rings is 1. The van der Waals surface area contributed by atoms with Gasteiger partial charge in [0, 0.05) is 37.7 Å². The molecule has 2 aromatic rings. The van der Waals surface area contributed by atoms with E-state index in [1.807, 2.05) is 25.1 Å². The maximum absolute atomic E-state index is 12.5. The van der Waals surface area contributed by atoms with Crippen molar-refractivity contribution in [2.45, 2.75) is 26.3 Å². The number of carbonyl (C=O) groups is 1. The Labute approximate surface area is 177 Å². The molecule has 0 bridgehead atoms. The lowest BCUT2D eigenvalue weighted by Gasteiger charge is -2.30. The van der Waals surface area contributed by atoms with Crippen molar-refractivity contribution in [2.24, 2.45) is 5.92 Å². The van der Waals surface area contributed by atoms with Gasteiger partial charge in [0.2, 0.25) is 17.6 Å². The number of nitrogens with zero attached hydrogens (tertiary/aromatic N) is 4. The molecule has 30 heavy (non-hydrogen) atoms. The topological polar surface area (TPSA) is 83.7 Å². The molecule has 1 amide bonds. The van der Waals surface area contributed by atoms with Crippen LogP contribution in [0.4, 0.5) is 0 Å². The van der Waals surface area contributed by atoms with Crippen LogP contribution >= 0.6 is 0 Å². The standard InChI is InChI=1S/C22H31N5O3/c1-17-3-2-4-19(15-17)21-24-20(30-25-21)16-27-8-5-18(6-9-27)22(28)23-7-10-26-11-13-29-14-12-26/h2-4,15,18H,5-14,16H2,1H3,(H,23,28). The van der Waals surface area contributed by atoms with Crippen molar-refractivity contribution in [1.29, 1.82) is 0 Å². The Balaban J connectivity index is 1.19. The highest BCUT2D eigenvalue weighted by Gasteiger charge is 2.26. The van der Waals surface area contributed by atoms with E-state index in [0.29, 0.717) is 24.8 Å². The van der Waals surface area contributed by atoms with Crippen molar-refractivity contribution >= 4 is 5.91 Å². The van der Waals surface area contributed by atoms with E-state index in [0.717, 1.165) is 64.3 Å². The van der Waals surface area contributed by atoms with Crippen LogP contribution in [-0.4, -0.2) is 78.3 Å². The van der Waals surface area contributed by atoms with Crippen molar-refractivity contribution in [1.82, 2.24) is 25.3 Å². The third-order valence-electron chi connectivity index (χ3n) is 5.89. The van der Waals surface area contributed by atoms with Crippen LogP contribution in [0, 0.1) is 12.8 Å². The second-order valence-corrected chi connectivity index (χ2v) is 8.18. The van der Waals surface area contributed by atoms with Crippen LogP contribution in [0.15, 0.2) is 28.8 Å². The van der Waals surface area contributed by atoms with E-state index in [1.54, 1.807) is 0 Å². The summed E-state index contributed by atoms with van der Waals surface area (Å²) in [6.07, 6.45) is 1.73. The third kappa shape index (κ3) is 5.65. The van der Waals surface area contributed by atoms with Gasteiger partial charge in [-0.05, 0) is 38.9 Å². The highest BCUT2D eigenvalue weighted by Crippen LogP contribution is 2.21. The number of amides is 1. The van der Waals surface area contributed by atoms with E-state index in [-0.39, 0.29) is 11.8 Å². The molecule has 1 aromatic heterocycles. The number of likely N-dealkylation sites (tertiary alicyclic amines) is 1. The number of benzene rings is 1. The first-order valence-corrected chi connectivity index (χ1v) is 10.9. The molecule has 8 heteroatoms. The maximum atomic E-state index is 12.5. The summed E-state index contributed by atoms with van der Waals surface area (Å²) in [5.41, 5.74) is 2.14. The lowest BCUT2D eigenvalue weighted by molar-refractivity contribution is -0.126. The number of ether oxygens (including phenoxy) is 1. The van der Waals surface area contributed by atoms with Crippen LogP contribution < -0.4 is 5.32 Å². The summed E-state index contributed by atoms with van der Waals surface area (Å²) < 4.78 is 10.8. The fourth-order valence-corrected chi connectivity index (χ4v) is 4.07. The summed E-state index contributed by atoms with van der Waals surface area (Å²) in [6.45, 7) is 9.51. The van der Waals surface area contributed by atoms with E-state index in [9.17, 15) is 4.79 Å². The van der Waals surface area contributed by atoms with Crippen LogP contribution in [0.1, 0.15) is 24.3 Å². The first-order valence-electron chi connectivity index (χ1n) is 10.9. The Bertz CT molecular complexity index is 826. The largest absolute Gasteiger partial charge is 0.379 e. The predicted octanol–water partition coefficient (Wildman–Crippen LogP) is 1.71. The minimum atomic E-state index is 0.0940. The number of aryl methyl sites for hydroxylation is 1. The average molecular weight is 414 g/mol. The first kappa shape index (κ1) is 21.0. The first-order chi connectivity index (χ1) is 14.7. The van der Waals surface area contributed by atoms with Gasteiger partial charge in [0.25, 0.3) is 0 Å². The summed E-state index contributed by atoms with van der Waals surface area (Å²) >= 11 is 0. The van der Waals surface area contributed by atoms with Crippen LogP contribution in [0.2, 0.25) is 0 Å². The molecule has 0 spiro atoms. The van der Waals surface area contributed by atoms with E-state index in [4.69, 9.17) is 9.26 Å². The Hall–Kier alpha value is -2.29.